The Morgan fingerprint density at radius 1 is 0.558 bits per heavy atom. The first-order chi connectivity index (χ1) is 37.4. The zero-order valence-corrected chi connectivity index (χ0v) is 43.9. The topological polar surface area (TPSA) is 169 Å². The number of allylic oxidation sites excluding steroid dienone is 4. The van der Waals surface area contributed by atoms with Crippen molar-refractivity contribution in [3.8, 4) is 22.5 Å². The summed E-state index contributed by atoms with van der Waals surface area (Å²) in [6, 6.07) is 23.0. The van der Waals surface area contributed by atoms with Crippen LogP contribution < -0.4 is 9.13 Å². The maximum Gasteiger partial charge on any atom is 0.348 e. The van der Waals surface area contributed by atoms with E-state index in [1.165, 1.54) is 37.1 Å². The smallest absolute Gasteiger partial charge is 0.348 e. The fourth-order valence-electron chi connectivity index (χ4n) is 14.0. The molecular formula is C63H68N2O12+2. The minimum absolute atomic E-state index is 0.0490. The Morgan fingerprint density at radius 2 is 0.974 bits per heavy atom. The van der Waals surface area contributed by atoms with Crippen LogP contribution in [0.25, 0.3) is 22.5 Å². The van der Waals surface area contributed by atoms with Crippen LogP contribution in [0.1, 0.15) is 124 Å². The molecule has 8 aliphatic carbocycles. The van der Waals surface area contributed by atoms with Gasteiger partial charge in [0, 0.05) is 72.2 Å². The largest absolute Gasteiger partial charge is 0.480 e. The van der Waals surface area contributed by atoms with E-state index in [-0.39, 0.29) is 46.8 Å². The minimum atomic E-state index is -1.09. The zero-order valence-electron chi connectivity index (χ0n) is 43.9. The van der Waals surface area contributed by atoms with Gasteiger partial charge < -0.3 is 33.5 Å². The third-order valence-corrected chi connectivity index (χ3v) is 17.4. The lowest BCUT2D eigenvalue weighted by Gasteiger charge is -2.59. The van der Waals surface area contributed by atoms with Gasteiger partial charge in [0.15, 0.2) is 24.8 Å². The number of aliphatic hydroxyl groups excluding tert-OH is 1. The monoisotopic (exact) mass is 1040 g/mol. The number of unbranched alkanes of at least 4 members (excludes halogenated alkanes) is 2. The number of hydrogen-bond donors (Lipinski definition) is 1. The molecule has 77 heavy (non-hydrogen) atoms. The van der Waals surface area contributed by atoms with Gasteiger partial charge in [-0.1, -0.05) is 57.0 Å². The molecule has 14 rings (SSSR count). The molecule has 400 valence electrons. The molecule has 8 saturated carbocycles. The van der Waals surface area contributed by atoms with Crippen molar-refractivity contribution < 1.29 is 66.6 Å². The first-order valence-corrected chi connectivity index (χ1v) is 27.9. The van der Waals surface area contributed by atoms with Crippen LogP contribution in [0.4, 0.5) is 0 Å². The first-order valence-electron chi connectivity index (χ1n) is 27.9. The number of ether oxygens (including phenoxy) is 6. The summed E-state index contributed by atoms with van der Waals surface area (Å²) in [4.78, 5) is 63.3. The van der Waals surface area contributed by atoms with Gasteiger partial charge in [0.1, 0.15) is 11.1 Å². The van der Waals surface area contributed by atoms with Gasteiger partial charge in [-0.25, -0.2) is 24.0 Å². The van der Waals surface area contributed by atoms with Crippen LogP contribution in [0.3, 0.4) is 0 Å². The quantitative estimate of drug-likeness (QED) is 0.0242. The van der Waals surface area contributed by atoms with Gasteiger partial charge in [-0.3, -0.25) is 0 Å². The molecule has 4 aromatic rings. The number of pyridine rings is 2. The van der Waals surface area contributed by atoms with E-state index < -0.39 is 35.4 Å². The summed E-state index contributed by atoms with van der Waals surface area (Å²) in [6.07, 6.45) is 29.2. The van der Waals surface area contributed by atoms with E-state index in [9.17, 15) is 29.1 Å². The van der Waals surface area contributed by atoms with Gasteiger partial charge in [-0.2, -0.15) is 9.13 Å². The van der Waals surface area contributed by atoms with Crippen LogP contribution in [-0.2, 0) is 42.8 Å². The highest BCUT2D eigenvalue weighted by Crippen LogP contribution is 2.62. The molecule has 2 aromatic heterocycles. The van der Waals surface area contributed by atoms with Crippen LogP contribution in [0.15, 0.2) is 145 Å². The Hall–Kier alpha value is -7.35. The number of aromatic nitrogens is 2. The number of hydrogen-bond acceptors (Lipinski definition) is 12. The van der Waals surface area contributed by atoms with Gasteiger partial charge >= 0.3 is 29.8 Å². The van der Waals surface area contributed by atoms with E-state index in [1.807, 2.05) is 94.6 Å². The Kier molecular flexibility index (Phi) is 14.7. The van der Waals surface area contributed by atoms with Gasteiger partial charge in [-0.05, 0) is 136 Å². The number of carbonyl (C=O) groups excluding carboxylic acids is 5. The van der Waals surface area contributed by atoms with Gasteiger partial charge in [0.2, 0.25) is 11.4 Å². The second kappa shape index (κ2) is 21.9. The number of aliphatic hydroxyl groups is 1. The first kappa shape index (κ1) is 51.7. The number of benzene rings is 2. The summed E-state index contributed by atoms with van der Waals surface area (Å²) >= 11 is 0. The molecule has 2 spiro atoms. The number of rotatable bonds is 14. The predicted molar refractivity (Wildman–Crippen MR) is 280 cm³/mol. The van der Waals surface area contributed by atoms with E-state index in [1.54, 1.807) is 18.2 Å². The van der Waals surface area contributed by atoms with E-state index in [0.717, 1.165) is 99.6 Å². The number of esters is 5. The molecule has 1 N–H and O–H groups in total. The molecule has 2 aromatic carbocycles. The summed E-state index contributed by atoms with van der Waals surface area (Å²) in [6.45, 7) is 5.01. The molecule has 2 aliphatic heterocycles. The van der Waals surface area contributed by atoms with E-state index in [2.05, 4.69) is 13.8 Å². The highest BCUT2D eigenvalue weighted by Gasteiger charge is 2.65. The average molecular weight is 1050 g/mol. The normalized spacial score (nSPS) is 29.3. The van der Waals surface area contributed by atoms with Crippen LogP contribution in [0.5, 0.6) is 0 Å². The van der Waals surface area contributed by atoms with Crippen LogP contribution >= 0.6 is 0 Å². The molecule has 0 unspecified atom stereocenters. The molecule has 10 aliphatic rings. The van der Waals surface area contributed by atoms with Crippen molar-refractivity contribution in [2.75, 3.05) is 13.2 Å². The zero-order chi connectivity index (χ0) is 53.3. The summed E-state index contributed by atoms with van der Waals surface area (Å²) < 4.78 is 38.3. The Morgan fingerprint density at radius 3 is 1.39 bits per heavy atom. The molecule has 8 bridgehead atoms. The fraction of sp³-hybridized carbons (Fsp3) is 0.444. The lowest BCUT2D eigenvalue weighted by atomic mass is 9.53. The maximum atomic E-state index is 12.9. The van der Waals surface area contributed by atoms with Gasteiger partial charge in [0.05, 0.1) is 24.3 Å². The van der Waals surface area contributed by atoms with E-state index >= 15 is 0 Å². The molecule has 14 nitrogen and oxygen atoms in total. The van der Waals surface area contributed by atoms with Crippen molar-refractivity contribution >= 4 is 29.8 Å². The van der Waals surface area contributed by atoms with Gasteiger partial charge in [-0.15, -0.1) is 0 Å². The third kappa shape index (κ3) is 10.5. The molecule has 14 heteroatoms. The van der Waals surface area contributed by atoms with Crippen molar-refractivity contribution in [1.29, 1.82) is 0 Å². The molecular weight excluding hydrogens is 977 g/mol. The van der Waals surface area contributed by atoms with Crippen molar-refractivity contribution in [3.05, 3.63) is 156 Å². The fourth-order valence-corrected chi connectivity index (χ4v) is 14.0. The molecule has 0 atom stereocenters. The molecule has 0 amide bonds. The Balaban J connectivity index is 0.000000164. The summed E-state index contributed by atoms with van der Waals surface area (Å²) in [5.74, 6) is -1.90. The second-order valence-corrected chi connectivity index (χ2v) is 22.4. The molecule has 0 radical (unpaired) electrons. The molecule has 4 heterocycles. The summed E-state index contributed by atoms with van der Waals surface area (Å²) in [7, 11) is 0. The Labute approximate surface area is 449 Å². The lowest BCUT2D eigenvalue weighted by molar-refractivity contribution is -0.596. The summed E-state index contributed by atoms with van der Waals surface area (Å²) in [5.41, 5.74) is 4.80. The second-order valence-electron chi connectivity index (χ2n) is 22.4. The summed E-state index contributed by atoms with van der Waals surface area (Å²) in [5, 5.41) is 10.7. The van der Waals surface area contributed by atoms with Crippen LogP contribution in [0, 0.1) is 47.3 Å². The third-order valence-electron chi connectivity index (χ3n) is 17.4. The molecule has 1 saturated heterocycles. The van der Waals surface area contributed by atoms with Crippen molar-refractivity contribution in [2.24, 2.45) is 47.3 Å². The number of nitrogens with zero attached hydrogens (tertiary/aromatic N) is 2. The van der Waals surface area contributed by atoms with E-state index in [4.69, 9.17) is 28.4 Å². The standard InChI is InChI=1S/C32H34N2O4.C31H34O8/c1-3-5-21-37-31(35)27-9-7-11-29(23-27)33-17-13-25(14-18-33)26-15-19-34(20-16-26)30-12-8-10-28(24-30)32(36)38-22-6-4-2;32-26-24(27(33)37-30(36-26)20-8-16-6-17(10-20)11-21(30)9-16)4-2-1-3-5-25-28(34)38-31(39-29(25)35)22-12-18-7-19(14-22)15-23(31)13-18/h7-20,23-24H,3-6,21-22H2,1-2H3;1-5,16-23,32H,6-15H2/q+2;/b;3-1+,4-2+,25-5?. The SMILES string of the molecule is CCCCOC(=O)c1cccc(-[n+]2ccc(-c3cc[n+](-c4cccc(C(=O)OCCCC)c4)cc3)cc2)c1.O=C1OC2(OC(=O)C1=C/C=C/C=C/C1=C(O)OC3(OC1=O)C1CC4CC(C1)CC3C4)C1CC3CC(C1)CC2C3. The van der Waals surface area contributed by atoms with Crippen molar-refractivity contribution in [1.82, 2.24) is 0 Å². The average Bonchev–Trinajstić information content (AvgIpc) is 3.62. The van der Waals surface area contributed by atoms with Gasteiger partial charge in [0.25, 0.3) is 17.5 Å². The Bertz CT molecular complexity index is 2860. The van der Waals surface area contributed by atoms with Crippen LogP contribution in [0.2, 0.25) is 0 Å². The number of carbonyl (C=O) groups is 5. The highest BCUT2D eigenvalue weighted by atomic mass is 16.8. The minimum Gasteiger partial charge on any atom is -0.480 e. The predicted octanol–water partition coefficient (Wildman–Crippen LogP) is 10.6. The van der Waals surface area contributed by atoms with Crippen LogP contribution in [-0.4, -0.2) is 59.7 Å². The van der Waals surface area contributed by atoms with Crippen molar-refractivity contribution in [3.63, 3.8) is 0 Å². The van der Waals surface area contributed by atoms with Crippen molar-refractivity contribution in [2.45, 2.75) is 115 Å². The lowest BCUT2D eigenvalue weighted by Crippen LogP contribution is -2.63. The molecule has 9 fully saturated rings. The highest BCUT2D eigenvalue weighted by molar-refractivity contribution is 6.15. The maximum absolute atomic E-state index is 12.9. The van der Waals surface area contributed by atoms with E-state index in [0.29, 0.717) is 48.0 Å².